The van der Waals surface area contributed by atoms with E-state index in [9.17, 15) is 19.7 Å². The number of amides is 1. The van der Waals surface area contributed by atoms with Crippen molar-refractivity contribution in [3.8, 4) is 0 Å². The van der Waals surface area contributed by atoms with Crippen LogP contribution in [0, 0.1) is 10.1 Å². The first-order valence-electron chi connectivity index (χ1n) is 7.89. The van der Waals surface area contributed by atoms with Gasteiger partial charge >= 0.3 is 5.97 Å². The van der Waals surface area contributed by atoms with E-state index in [0.29, 0.717) is 15.6 Å². The summed E-state index contributed by atoms with van der Waals surface area (Å²) < 4.78 is 5.09. The molecule has 27 heavy (non-hydrogen) atoms. The third-order valence-corrected chi connectivity index (χ3v) is 4.30. The second kappa shape index (κ2) is 8.83. The molecule has 142 valence electrons. The molecule has 0 aliphatic heterocycles. The zero-order valence-electron chi connectivity index (χ0n) is 14.4. The number of non-ortho nitro benzene ring substituents is 1. The Hall–Kier alpha value is -2.64. The van der Waals surface area contributed by atoms with Gasteiger partial charge in [-0.1, -0.05) is 35.3 Å². The summed E-state index contributed by atoms with van der Waals surface area (Å²) in [5, 5.41) is 14.3. The third-order valence-electron chi connectivity index (χ3n) is 3.73. The molecule has 0 radical (unpaired) electrons. The van der Waals surface area contributed by atoms with E-state index in [4.69, 9.17) is 27.9 Å². The monoisotopic (exact) mass is 410 g/mol. The van der Waals surface area contributed by atoms with Gasteiger partial charge in [-0.25, -0.2) is 4.79 Å². The van der Waals surface area contributed by atoms with E-state index >= 15 is 0 Å². The molecular weight excluding hydrogens is 395 g/mol. The Morgan fingerprint density at radius 2 is 1.85 bits per heavy atom. The van der Waals surface area contributed by atoms with Crippen molar-refractivity contribution in [3.05, 3.63) is 73.8 Å². The second-order valence-electron chi connectivity index (χ2n) is 5.75. The van der Waals surface area contributed by atoms with Crippen LogP contribution in [0.15, 0.2) is 42.5 Å². The number of carbonyl (C=O) groups is 2. The number of halogens is 2. The molecule has 7 nitrogen and oxygen atoms in total. The summed E-state index contributed by atoms with van der Waals surface area (Å²) in [6.07, 6.45) is -1.11. The SMILES string of the molecule is C[C@@H](OC(=O)c1cccc([N+](=O)[O-])c1)C(=O)N[C@H](C)c1ccc(Cl)cc1Cl. The number of esters is 1. The van der Waals surface area contributed by atoms with Crippen molar-refractivity contribution in [2.24, 2.45) is 0 Å². The Morgan fingerprint density at radius 1 is 1.15 bits per heavy atom. The summed E-state index contributed by atoms with van der Waals surface area (Å²) in [6.45, 7) is 3.13. The Kier molecular flexibility index (Phi) is 6.76. The number of hydrogen-bond acceptors (Lipinski definition) is 5. The van der Waals surface area contributed by atoms with E-state index in [-0.39, 0.29) is 11.3 Å². The van der Waals surface area contributed by atoms with Crippen LogP contribution in [-0.4, -0.2) is 22.9 Å². The number of nitro benzene ring substituents is 1. The summed E-state index contributed by atoms with van der Waals surface area (Å²) in [4.78, 5) is 34.6. The average Bonchev–Trinajstić information content (AvgIpc) is 2.61. The smallest absolute Gasteiger partial charge is 0.339 e. The number of benzene rings is 2. The van der Waals surface area contributed by atoms with Crippen molar-refractivity contribution < 1.29 is 19.2 Å². The highest BCUT2D eigenvalue weighted by molar-refractivity contribution is 6.35. The molecule has 0 spiro atoms. The van der Waals surface area contributed by atoms with Gasteiger partial charge in [-0.15, -0.1) is 0 Å². The number of carbonyl (C=O) groups excluding carboxylic acids is 2. The third kappa shape index (κ3) is 5.42. The van der Waals surface area contributed by atoms with Crippen LogP contribution in [0.3, 0.4) is 0 Å². The number of hydrogen-bond donors (Lipinski definition) is 1. The van der Waals surface area contributed by atoms with Crippen LogP contribution in [0.25, 0.3) is 0 Å². The predicted octanol–water partition coefficient (Wildman–Crippen LogP) is 4.32. The topological polar surface area (TPSA) is 98.5 Å². The largest absolute Gasteiger partial charge is 0.449 e. The van der Waals surface area contributed by atoms with E-state index in [1.807, 2.05) is 0 Å². The fourth-order valence-electron chi connectivity index (χ4n) is 2.29. The summed E-state index contributed by atoms with van der Waals surface area (Å²) in [6, 6.07) is 9.54. The van der Waals surface area contributed by atoms with Crippen LogP contribution >= 0.6 is 23.2 Å². The molecule has 0 aliphatic rings. The van der Waals surface area contributed by atoms with Crippen molar-refractivity contribution in [1.29, 1.82) is 0 Å². The molecule has 2 atom stereocenters. The number of nitrogens with zero attached hydrogens (tertiary/aromatic N) is 1. The molecule has 1 N–H and O–H groups in total. The molecule has 9 heteroatoms. The van der Waals surface area contributed by atoms with Crippen molar-refractivity contribution >= 4 is 40.8 Å². The molecular formula is C18H16Cl2N2O5. The van der Waals surface area contributed by atoms with E-state index in [1.165, 1.54) is 25.1 Å². The maximum Gasteiger partial charge on any atom is 0.339 e. The number of rotatable bonds is 6. The molecule has 0 heterocycles. The highest BCUT2D eigenvalue weighted by Crippen LogP contribution is 2.26. The fraction of sp³-hybridized carbons (Fsp3) is 0.222. The molecule has 0 aliphatic carbocycles. The van der Waals surface area contributed by atoms with Crippen molar-refractivity contribution in [2.75, 3.05) is 0 Å². The van der Waals surface area contributed by atoms with Crippen LogP contribution in [0.1, 0.15) is 35.8 Å². The maximum absolute atomic E-state index is 12.3. The molecule has 0 aromatic heterocycles. The van der Waals surface area contributed by atoms with E-state index in [0.717, 1.165) is 6.07 Å². The van der Waals surface area contributed by atoms with Crippen LogP contribution < -0.4 is 5.32 Å². The lowest BCUT2D eigenvalue weighted by atomic mass is 10.1. The molecule has 0 fully saturated rings. The van der Waals surface area contributed by atoms with Gasteiger partial charge in [0.15, 0.2) is 6.10 Å². The minimum absolute atomic E-state index is 0.0161. The van der Waals surface area contributed by atoms with Gasteiger partial charge in [-0.3, -0.25) is 14.9 Å². The van der Waals surface area contributed by atoms with Crippen molar-refractivity contribution in [3.63, 3.8) is 0 Å². The molecule has 0 bridgehead atoms. The molecule has 0 saturated carbocycles. The quantitative estimate of drug-likeness (QED) is 0.434. The Bertz CT molecular complexity index is 888. The number of nitrogens with one attached hydrogen (secondary N) is 1. The van der Waals surface area contributed by atoms with Gasteiger partial charge in [0.25, 0.3) is 11.6 Å². The van der Waals surface area contributed by atoms with Crippen LogP contribution in [-0.2, 0) is 9.53 Å². The lowest BCUT2D eigenvalue weighted by molar-refractivity contribution is -0.384. The Labute approximate surface area is 165 Å². The van der Waals surface area contributed by atoms with E-state index < -0.39 is 28.9 Å². The zero-order chi connectivity index (χ0) is 20.1. The highest BCUT2D eigenvalue weighted by Gasteiger charge is 2.22. The second-order valence-corrected chi connectivity index (χ2v) is 6.59. The summed E-state index contributed by atoms with van der Waals surface area (Å²) in [5.74, 6) is -1.37. The Balaban J connectivity index is 2.01. The maximum atomic E-state index is 12.3. The Morgan fingerprint density at radius 3 is 2.48 bits per heavy atom. The van der Waals surface area contributed by atoms with Gasteiger partial charge in [0.05, 0.1) is 16.5 Å². The van der Waals surface area contributed by atoms with Crippen LogP contribution in [0.5, 0.6) is 0 Å². The lowest BCUT2D eigenvalue weighted by Crippen LogP contribution is -2.37. The molecule has 2 aromatic carbocycles. The van der Waals surface area contributed by atoms with Crippen LogP contribution in [0.2, 0.25) is 10.0 Å². The molecule has 1 amide bonds. The van der Waals surface area contributed by atoms with Crippen LogP contribution in [0.4, 0.5) is 5.69 Å². The van der Waals surface area contributed by atoms with Gasteiger partial charge in [-0.05, 0) is 37.6 Å². The first-order valence-corrected chi connectivity index (χ1v) is 8.65. The van der Waals surface area contributed by atoms with E-state index in [2.05, 4.69) is 5.32 Å². The van der Waals surface area contributed by atoms with Gasteiger partial charge in [0.1, 0.15) is 0 Å². The molecule has 2 rings (SSSR count). The average molecular weight is 411 g/mol. The summed E-state index contributed by atoms with van der Waals surface area (Å²) >= 11 is 12.0. The predicted molar refractivity (Wildman–Crippen MR) is 101 cm³/mol. The summed E-state index contributed by atoms with van der Waals surface area (Å²) in [5.41, 5.74) is 0.400. The summed E-state index contributed by atoms with van der Waals surface area (Å²) in [7, 11) is 0. The lowest BCUT2D eigenvalue weighted by Gasteiger charge is -2.19. The van der Waals surface area contributed by atoms with E-state index in [1.54, 1.807) is 25.1 Å². The van der Waals surface area contributed by atoms with Gasteiger partial charge in [-0.2, -0.15) is 0 Å². The van der Waals surface area contributed by atoms with Gasteiger partial charge in [0.2, 0.25) is 0 Å². The first kappa shape index (κ1) is 20.7. The zero-order valence-corrected chi connectivity index (χ0v) is 16.0. The minimum Gasteiger partial charge on any atom is -0.449 e. The number of nitro groups is 1. The van der Waals surface area contributed by atoms with Crippen molar-refractivity contribution in [2.45, 2.75) is 26.0 Å². The first-order chi connectivity index (χ1) is 12.7. The molecule has 2 aromatic rings. The van der Waals surface area contributed by atoms with Crippen molar-refractivity contribution in [1.82, 2.24) is 5.32 Å². The molecule has 0 saturated heterocycles. The van der Waals surface area contributed by atoms with Gasteiger partial charge < -0.3 is 10.1 Å². The highest BCUT2D eigenvalue weighted by atomic mass is 35.5. The fourth-order valence-corrected chi connectivity index (χ4v) is 2.86. The molecule has 0 unspecified atom stereocenters. The normalized spacial score (nSPS) is 12.7. The standard InChI is InChI=1S/C18H16Cl2N2O5/c1-10(15-7-6-13(19)9-16(15)20)21-17(23)11(2)27-18(24)12-4-3-5-14(8-12)22(25)26/h3-11H,1-2H3,(H,21,23)/t10-,11-/m1/s1. The minimum atomic E-state index is -1.11. The van der Waals surface area contributed by atoms with Gasteiger partial charge in [0, 0.05) is 22.2 Å². The number of ether oxygens (including phenoxy) is 1.